The topological polar surface area (TPSA) is 78.0 Å². The molecule has 2 amide bonds. The molecule has 0 unspecified atom stereocenters. The first-order chi connectivity index (χ1) is 15.4. The zero-order valence-electron chi connectivity index (χ0n) is 18.4. The zero-order valence-corrected chi connectivity index (χ0v) is 20.1. The van der Waals surface area contributed by atoms with Crippen molar-refractivity contribution in [2.45, 2.75) is 44.0 Å². The molecule has 1 aromatic carbocycles. The first-order valence-electron chi connectivity index (χ1n) is 11.1. The molecule has 2 aliphatic heterocycles. The molecule has 32 heavy (non-hydrogen) atoms. The molecular weight excluding hydrogens is 446 g/mol. The molecular formula is C23H29N3O4S2. The van der Waals surface area contributed by atoms with Gasteiger partial charge in [0.05, 0.1) is 16.9 Å². The van der Waals surface area contributed by atoms with Crippen LogP contribution in [0.1, 0.15) is 44.0 Å². The van der Waals surface area contributed by atoms with Gasteiger partial charge >= 0.3 is 0 Å². The van der Waals surface area contributed by atoms with E-state index in [0.717, 1.165) is 19.4 Å². The van der Waals surface area contributed by atoms with E-state index in [-0.39, 0.29) is 35.1 Å². The summed E-state index contributed by atoms with van der Waals surface area (Å²) in [4.78, 5) is 30.9. The van der Waals surface area contributed by atoms with Crippen LogP contribution in [0.15, 0.2) is 46.7 Å². The second-order valence-corrected chi connectivity index (χ2v) is 11.1. The van der Waals surface area contributed by atoms with Crippen LogP contribution in [0.25, 0.3) is 0 Å². The van der Waals surface area contributed by atoms with Crippen LogP contribution in [-0.4, -0.2) is 55.6 Å². The zero-order chi connectivity index (χ0) is 22.9. The van der Waals surface area contributed by atoms with Crippen molar-refractivity contribution in [2.24, 2.45) is 5.92 Å². The summed E-state index contributed by atoms with van der Waals surface area (Å²) in [6.07, 6.45) is 2.12. The van der Waals surface area contributed by atoms with E-state index in [1.807, 2.05) is 16.3 Å². The second-order valence-electron chi connectivity index (χ2n) is 8.19. The Bertz CT molecular complexity index is 1060. The highest BCUT2D eigenvalue weighted by molar-refractivity contribution is 7.89. The molecule has 2 aliphatic rings. The van der Waals surface area contributed by atoms with Crippen LogP contribution in [0.5, 0.6) is 0 Å². The maximum Gasteiger partial charge on any atom is 0.243 e. The normalized spacial score (nSPS) is 21.7. The van der Waals surface area contributed by atoms with Crippen LogP contribution >= 0.6 is 11.3 Å². The van der Waals surface area contributed by atoms with Crippen molar-refractivity contribution in [2.75, 3.05) is 31.1 Å². The lowest BCUT2D eigenvalue weighted by molar-refractivity contribution is -0.136. The van der Waals surface area contributed by atoms with Gasteiger partial charge in [0.1, 0.15) is 0 Å². The predicted molar refractivity (Wildman–Crippen MR) is 125 cm³/mol. The van der Waals surface area contributed by atoms with Crippen molar-refractivity contribution in [1.82, 2.24) is 9.21 Å². The molecule has 9 heteroatoms. The highest BCUT2D eigenvalue weighted by Crippen LogP contribution is 2.37. The van der Waals surface area contributed by atoms with E-state index < -0.39 is 10.0 Å². The third kappa shape index (κ3) is 4.21. The standard InChI is InChI=1S/C23H29N3O4S2/c1-3-24(4-2)32(29,30)19-11-9-18(10-12-19)26-16-17(15-22(26)27)23(28)25-13-5-7-20(25)21-8-6-14-31-21/h6,8-12,14,17,20H,3-5,7,13,15-16H2,1-2H3/t17-,20+/m0/s1. The van der Waals surface area contributed by atoms with E-state index in [2.05, 4.69) is 6.07 Å². The number of amides is 2. The van der Waals surface area contributed by atoms with Gasteiger partial charge in [0.15, 0.2) is 0 Å². The summed E-state index contributed by atoms with van der Waals surface area (Å²) in [7, 11) is -3.55. The number of anilines is 1. The maximum atomic E-state index is 13.3. The van der Waals surface area contributed by atoms with Gasteiger partial charge < -0.3 is 9.80 Å². The molecule has 0 N–H and O–H groups in total. The van der Waals surface area contributed by atoms with Crippen LogP contribution in [0.2, 0.25) is 0 Å². The van der Waals surface area contributed by atoms with Crippen LogP contribution in [-0.2, 0) is 19.6 Å². The van der Waals surface area contributed by atoms with Crippen LogP contribution in [0.3, 0.4) is 0 Å². The minimum atomic E-state index is -3.55. The molecule has 2 atom stereocenters. The Hall–Kier alpha value is -2.23. The average Bonchev–Trinajstić information content (AvgIpc) is 3.54. The lowest BCUT2D eigenvalue weighted by Gasteiger charge is -2.26. The smallest absolute Gasteiger partial charge is 0.243 e. The van der Waals surface area contributed by atoms with E-state index in [9.17, 15) is 18.0 Å². The third-order valence-electron chi connectivity index (χ3n) is 6.37. The average molecular weight is 476 g/mol. The number of rotatable bonds is 7. The SMILES string of the molecule is CCN(CC)S(=O)(=O)c1ccc(N2C[C@@H](C(=O)N3CCC[C@@H]3c3cccs3)CC2=O)cc1. The number of hydrogen-bond acceptors (Lipinski definition) is 5. The van der Waals surface area contributed by atoms with Gasteiger partial charge in [0.25, 0.3) is 0 Å². The molecule has 0 radical (unpaired) electrons. The lowest BCUT2D eigenvalue weighted by atomic mass is 10.1. The minimum Gasteiger partial charge on any atom is -0.335 e. The number of likely N-dealkylation sites (tertiary alicyclic amines) is 1. The van der Waals surface area contributed by atoms with Crippen LogP contribution in [0.4, 0.5) is 5.69 Å². The summed E-state index contributed by atoms with van der Waals surface area (Å²) < 4.78 is 26.8. The Balaban J connectivity index is 1.47. The molecule has 2 fully saturated rings. The van der Waals surface area contributed by atoms with Crippen molar-refractivity contribution in [1.29, 1.82) is 0 Å². The van der Waals surface area contributed by atoms with Gasteiger partial charge in [-0.05, 0) is 48.6 Å². The number of hydrogen-bond donors (Lipinski definition) is 0. The van der Waals surface area contributed by atoms with E-state index in [4.69, 9.17) is 0 Å². The lowest BCUT2D eigenvalue weighted by Crippen LogP contribution is -2.36. The molecule has 2 aromatic rings. The Morgan fingerprint density at radius 3 is 2.50 bits per heavy atom. The van der Waals surface area contributed by atoms with Crippen molar-refractivity contribution < 1.29 is 18.0 Å². The van der Waals surface area contributed by atoms with E-state index in [1.54, 1.807) is 54.3 Å². The monoisotopic (exact) mass is 475 g/mol. The molecule has 0 spiro atoms. The Labute approximate surface area is 193 Å². The summed E-state index contributed by atoms with van der Waals surface area (Å²) in [6, 6.07) is 10.6. The van der Waals surface area contributed by atoms with Crippen LogP contribution < -0.4 is 4.90 Å². The van der Waals surface area contributed by atoms with Gasteiger partial charge in [-0.15, -0.1) is 11.3 Å². The molecule has 0 aliphatic carbocycles. The van der Waals surface area contributed by atoms with Gasteiger partial charge in [0, 0.05) is 43.2 Å². The Kier molecular flexibility index (Phi) is 6.69. The number of benzene rings is 1. The molecule has 1 aromatic heterocycles. The molecule has 0 saturated carbocycles. The number of carbonyl (C=O) groups excluding carboxylic acids is 2. The third-order valence-corrected chi connectivity index (χ3v) is 9.41. The number of thiophene rings is 1. The largest absolute Gasteiger partial charge is 0.335 e. The molecule has 172 valence electrons. The Morgan fingerprint density at radius 1 is 1.16 bits per heavy atom. The number of carbonyl (C=O) groups is 2. The summed E-state index contributed by atoms with van der Waals surface area (Å²) in [5.74, 6) is -0.436. The summed E-state index contributed by atoms with van der Waals surface area (Å²) in [5, 5.41) is 2.03. The first kappa shape index (κ1) is 22.9. The van der Waals surface area contributed by atoms with Gasteiger partial charge in [-0.1, -0.05) is 19.9 Å². The van der Waals surface area contributed by atoms with Crippen LogP contribution in [0, 0.1) is 5.92 Å². The summed E-state index contributed by atoms with van der Waals surface area (Å²) >= 11 is 1.67. The number of sulfonamides is 1. The number of nitrogens with zero attached hydrogens (tertiary/aromatic N) is 3. The summed E-state index contributed by atoms with van der Waals surface area (Å²) in [6.45, 7) is 5.46. The highest BCUT2D eigenvalue weighted by Gasteiger charge is 2.40. The highest BCUT2D eigenvalue weighted by atomic mass is 32.2. The van der Waals surface area contributed by atoms with E-state index in [0.29, 0.717) is 25.3 Å². The molecule has 7 nitrogen and oxygen atoms in total. The van der Waals surface area contributed by atoms with Gasteiger partial charge in [-0.25, -0.2) is 8.42 Å². The van der Waals surface area contributed by atoms with Crippen molar-refractivity contribution >= 4 is 38.9 Å². The van der Waals surface area contributed by atoms with Crippen molar-refractivity contribution in [3.8, 4) is 0 Å². The first-order valence-corrected chi connectivity index (χ1v) is 13.4. The van der Waals surface area contributed by atoms with Crippen molar-refractivity contribution in [3.05, 3.63) is 46.7 Å². The second kappa shape index (κ2) is 9.33. The quantitative estimate of drug-likeness (QED) is 0.614. The molecule has 4 rings (SSSR count). The fraction of sp³-hybridized carbons (Fsp3) is 0.478. The van der Waals surface area contributed by atoms with Gasteiger partial charge in [-0.2, -0.15) is 4.31 Å². The Morgan fingerprint density at radius 2 is 1.88 bits per heavy atom. The predicted octanol–water partition coefficient (Wildman–Crippen LogP) is 3.50. The minimum absolute atomic E-state index is 0.0393. The van der Waals surface area contributed by atoms with Crippen molar-refractivity contribution in [3.63, 3.8) is 0 Å². The summed E-state index contributed by atoms with van der Waals surface area (Å²) in [5.41, 5.74) is 0.625. The molecule has 0 bridgehead atoms. The fourth-order valence-corrected chi connectivity index (χ4v) is 7.01. The molecule has 3 heterocycles. The fourth-order valence-electron chi connectivity index (χ4n) is 4.67. The van der Waals surface area contributed by atoms with Gasteiger partial charge in [-0.3, -0.25) is 9.59 Å². The van der Waals surface area contributed by atoms with Gasteiger partial charge in [0.2, 0.25) is 21.8 Å². The van der Waals surface area contributed by atoms with E-state index >= 15 is 0 Å². The maximum absolute atomic E-state index is 13.3. The van der Waals surface area contributed by atoms with E-state index in [1.165, 1.54) is 9.18 Å². The molecule has 2 saturated heterocycles.